The molecular weight excluding hydrogens is 204 g/mol. The van der Waals surface area contributed by atoms with Crippen LogP contribution in [0.2, 0.25) is 0 Å². The van der Waals surface area contributed by atoms with Crippen LogP contribution in [0.3, 0.4) is 0 Å². The number of nitrogens with two attached hydrogens (primary N) is 1. The first-order valence-corrected chi connectivity index (χ1v) is 5.73. The maximum Gasteiger partial charge on any atom is 0.150 e. The second kappa shape index (κ2) is 5.21. The Labute approximate surface area is 96.9 Å². The van der Waals surface area contributed by atoms with Crippen LogP contribution in [0.25, 0.3) is 0 Å². The van der Waals surface area contributed by atoms with Crippen LogP contribution in [0.4, 0.5) is 11.5 Å². The highest BCUT2D eigenvalue weighted by molar-refractivity contribution is 5.66. The molecule has 0 atom stereocenters. The number of rotatable bonds is 5. The molecule has 0 fully saturated rings. The summed E-state index contributed by atoms with van der Waals surface area (Å²) in [6.07, 6.45) is 0. The minimum atomic E-state index is 0.121. The van der Waals surface area contributed by atoms with Crippen LogP contribution >= 0.6 is 0 Å². The Morgan fingerprint density at radius 1 is 1.50 bits per heavy atom. The first-order valence-electron chi connectivity index (χ1n) is 5.73. The topological polar surface area (TPSA) is 67.3 Å². The number of aromatic nitrogens is 2. The first-order chi connectivity index (χ1) is 7.52. The van der Waals surface area contributed by atoms with Crippen molar-refractivity contribution >= 4 is 11.5 Å². The Balaban J connectivity index is 3.17. The van der Waals surface area contributed by atoms with Crippen LogP contribution in [0, 0.1) is 6.92 Å². The van der Waals surface area contributed by atoms with Gasteiger partial charge in [-0.1, -0.05) is 0 Å². The summed E-state index contributed by atoms with van der Waals surface area (Å²) in [7, 11) is 0. The molecule has 5 heteroatoms. The summed E-state index contributed by atoms with van der Waals surface area (Å²) in [6, 6.07) is 0.263. The average molecular weight is 226 g/mol. The van der Waals surface area contributed by atoms with Gasteiger partial charge >= 0.3 is 0 Å². The fraction of sp³-hybridized carbons (Fsp3) is 0.727. The molecule has 3 N–H and O–H groups in total. The number of nitrogens with zero attached hydrogens (tertiary/aromatic N) is 3. The van der Waals surface area contributed by atoms with E-state index >= 15 is 0 Å². The van der Waals surface area contributed by atoms with Crippen molar-refractivity contribution in [3.8, 4) is 0 Å². The van der Waals surface area contributed by atoms with E-state index in [4.69, 9.17) is 10.8 Å². The van der Waals surface area contributed by atoms with Gasteiger partial charge in [0.25, 0.3) is 0 Å². The molecule has 0 unspecified atom stereocenters. The quantitative estimate of drug-likeness (QED) is 0.791. The molecule has 1 heterocycles. The molecular formula is C11H22N4O. The molecule has 0 spiro atoms. The number of aliphatic hydroxyl groups is 1. The van der Waals surface area contributed by atoms with E-state index in [1.165, 1.54) is 0 Å². The molecule has 0 saturated carbocycles. The molecule has 0 aliphatic heterocycles. The zero-order chi connectivity index (χ0) is 12.3. The Hall–Kier alpha value is -1.23. The predicted molar refractivity (Wildman–Crippen MR) is 66.7 cm³/mol. The summed E-state index contributed by atoms with van der Waals surface area (Å²) >= 11 is 0. The molecule has 0 aromatic carbocycles. The number of anilines is 2. The van der Waals surface area contributed by atoms with Gasteiger partial charge in [-0.2, -0.15) is 5.10 Å². The molecule has 1 aromatic rings. The van der Waals surface area contributed by atoms with Crippen LogP contribution in [-0.4, -0.2) is 34.6 Å². The minimum absolute atomic E-state index is 0.121. The summed E-state index contributed by atoms with van der Waals surface area (Å²) in [5.41, 5.74) is 7.60. The lowest BCUT2D eigenvalue weighted by molar-refractivity contribution is 0.301. The van der Waals surface area contributed by atoms with Crippen molar-refractivity contribution in [2.24, 2.45) is 0 Å². The normalized spacial score (nSPS) is 11.1. The van der Waals surface area contributed by atoms with E-state index in [2.05, 4.69) is 23.8 Å². The molecule has 5 nitrogen and oxygen atoms in total. The summed E-state index contributed by atoms with van der Waals surface area (Å²) in [5, 5.41) is 13.5. The van der Waals surface area contributed by atoms with E-state index in [0.717, 1.165) is 18.1 Å². The molecule has 0 radical (unpaired) electrons. The second-order valence-electron chi connectivity index (χ2n) is 4.16. The Morgan fingerprint density at radius 3 is 2.56 bits per heavy atom. The van der Waals surface area contributed by atoms with Crippen molar-refractivity contribution < 1.29 is 5.11 Å². The smallest absolute Gasteiger partial charge is 0.150 e. The molecule has 0 aliphatic rings. The van der Waals surface area contributed by atoms with Gasteiger partial charge in [-0.15, -0.1) is 0 Å². The highest BCUT2D eigenvalue weighted by atomic mass is 16.3. The van der Waals surface area contributed by atoms with Gasteiger partial charge in [0.1, 0.15) is 0 Å². The van der Waals surface area contributed by atoms with Gasteiger partial charge in [0, 0.05) is 19.1 Å². The van der Waals surface area contributed by atoms with Crippen molar-refractivity contribution in [3.05, 3.63) is 5.69 Å². The third kappa shape index (κ3) is 2.29. The zero-order valence-corrected chi connectivity index (χ0v) is 10.6. The lowest BCUT2D eigenvalue weighted by Crippen LogP contribution is -2.29. The number of likely N-dealkylation sites (N-methyl/N-ethyl adjacent to an activating group) is 1. The van der Waals surface area contributed by atoms with E-state index in [9.17, 15) is 0 Å². The van der Waals surface area contributed by atoms with E-state index in [-0.39, 0.29) is 12.6 Å². The van der Waals surface area contributed by atoms with Gasteiger partial charge in [0.15, 0.2) is 5.82 Å². The molecule has 16 heavy (non-hydrogen) atoms. The van der Waals surface area contributed by atoms with E-state index in [1.54, 1.807) is 0 Å². The SMILES string of the molecule is CCN(CCO)c1c(N)c(C)nn1C(C)C. The summed E-state index contributed by atoms with van der Waals surface area (Å²) in [5.74, 6) is 0.920. The van der Waals surface area contributed by atoms with Crippen molar-refractivity contribution in [1.82, 2.24) is 9.78 Å². The third-order valence-corrected chi connectivity index (χ3v) is 2.65. The fourth-order valence-corrected chi connectivity index (χ4v) is 1.76. The van der Waals surface area contributed by atoms with Gasteiger partial charge < -0.3 is 15.7 Å². The molecule has 0 aliphatic carbocycles. The average Bonchev–Trinajstić information content (AvgIpc) is 2.53. The van der Waals surface area contributed by atoms with Crippen molar-refractivity contribution in [1.29, 1.82) is 0 Å². The van der Waals surface area contributed by atoms with Gasteiger partial charge in [-0.05, 0) is 27.7 Å². The van der Waals surface area contributed by atoms with E-state index < -0.39 is 0 Å². The third-order valence-electron chi connectivity index (χ3n) is 2.65. The maximum absolute atomic E-state index is 9.04. The molecule has 0 amide bonds. The number of aliphatic hydroxyl groups excluding tert-OH is 1. The highest BCUT2D eigenvalue weighted by Gasteiger charge is 2.19. The van der Waals surface area contributed by atoms with Gasteiger partial charge in [0.2, 0.25) is 0 Å². The van der Waals surface area contributed by atoms with E-state index in [0.29, 0.717) is 12.2 Å². The summed E-state index contributed by atoms with van der Waals surface area (Å²) in [4.78, 5) is 2.05. The van der Waals surface area contributed by atoms with Crippen LogP contribution in [0.1, 0.15) is 32.5 Å². The first kappa shape index (κ1) is 12.8. The number of nitrogen functional groups attached to an aromatic ring is 1. The highest BCUT2D eigenvalue weighted by Crippen LogP contribution is 2.28. The van der Waals surface area contributed by atoms with Crippen LogP contribution < -0.4 is 10.6 Å². The van der Waals surface area contributed by atoms with Crippen molar-refractivity contribution in [3.63, 3.8) is 0 Å². The second-order valence-corrected chi connectivity index (χ2v) is 4.16. The number of aryl methyl sites for hydroxylation is 1. The van der Waals surface area contributed by atoms with Crippen molar-refractivity contribution in [2.75, 3.05) is 30.3 Å². The van der Waals surface area contributed by atoms with Crippen molar-refractivity contribution in [2.45, 2.75) is 33.7 Å². The largest absolute Gasteiger partial charge is 0.395 e. The predicted octanol–water partition coefficient (Wildman–Crippen LogP) is 1.17. The van der Waals surface area contributed by atoms with Gasteiger partial charge in [-0.25, -0.2) is 4.68 Å². The monoisotopic (exact) mass is 226 g/mol. The molecule has 92 valence electrons. The van der Waals surface area contributed by atoms with Gasteiger partial charge in [-0.3, -0.25) is 0 Å². The summed E-state index contributed by atoms with van der Waals surface area (Å²) < 4.78 is 1.92. The molecule has 0 saturated heterocycles. The standard InChI is InChI=1S/C11H22N4O/c1-5-14(6-7-16)11-10(12)9(4)13-15(11)8(2)3/h8,16H,5-7,12H2,1-4H3. The zero-order valence-electron chi connectivity index (χ0n) is 10.6. The van der Waals surface area contributed by atoms with E-state index in [1.807, 2.05) is 18.5 Å². The lowest BCUT2D eigenvalue weighted by Gasteiger charge is -2.24. The van der Waals surface area contributed by atoms with Crippen LogP contribution in [0.5, 0.6) is 0 Å². The number of hydrogen-bond donors (Lipinski definition) is 2. The Kier molecular flexibility index (Phi) is 4.18. The summed E-state index contributed by atoms with van der Waals surface area (Å²) in [6.45, 7) is 9.60. The minimum Gasteiger partial charge on any atom is -0.395 e. The maximum atomic E-state index is 9.04. The molecule has 0 bridgehead atoms. The lowest BCUT2D eigenvalue weighted by atomic mass is 10.3. The Morgan fingerprint density at radius 2 is 2.12 bits per heavy atom. The molecule has 1 aromatic heterocycles. The fourth-order valence-electron chi connectivity index (χ4n) is 1.76. The Bertz CT molecular complexity index is 346. The van der Waals surface area contributed by atoms with Crippen LogP contribution in [-0.2, 0) is 0 Å². The van der Waals surface area contributed by atoms with Crippen LogP contribution in [0.15, 0.2) is 0 Å². The number of hydrogen-bond acceptors (Lipinski definition) is 4. The molecule has 1 rings (SSSR count). The van der Waals surface area contributed by atoms with Gasteiger partial charge in [0.05, 0.1) is 18.0 Å².